The number of thiazole rings is 1. The largest absolute Gasteiger partial charge is 0.494 e. The zero-order valence-corrected chi connectivity index (χ0v) is 19.9. The van der Waals surface area contributed by atoms with Crippen molar-refractivity contribution in [3.8, 4) is 17.2 Å². The number of carbonyl (C=O) groups excluding carboxylic acids is 1. The second-order valence-corrected chi connectivity index (χ2v) is 8.65. The van der Waals surface area contributed by atoms with Crippen LogP contribution in [0.2, 0.25) is 0 Å². The number of aromatic nitrogens is 1. The van der Waals surface area contributed by atoms with Crippen molar-refractivity contribution < 1.29 is 19.0 Å². The molecule has 0 aliphatic rings. The van der Waals surface area contributed by atoms with Crippen molar-refractivity contribution in [2.75, 3.05) is 25.1 Å². The van der Waals surface area contributed by atoms with Crippen LogP contribution in [0.5, 0.6) is 17.2 Å². The molecule has 1 unspecified atom stereocenters. The minimum atomic E-state index is -0.254. The van der Waals surface area contributed by atoms with Gasteiger partial charge in [0.15, 0.2) is 11.7 Å². The number of unbranched alkanes of at least 4 members (excludes halogenated alkanes) is 1. The summed E-state index contributed by atoms with van der Waals surface area (Å²) in [7, 11) is 0. The number of nitrogens with one attached hydrogen (secondary N) is 1. The Morgan fingerprint density at radius 3 is 2.41 bits per heavy atom. The molecule has 1 atom stereocenters. The highest BCUT2D eigenvalue weighted by Gasteiger charge is 2.10. The maximum atomic E-state index is 12.3. The van der Waals surface area contributed by atoms with Gasteiger partial charge in [-0.3, -0.25) is 10.1 Å². The van der Waals surface area contributed by atoms with E-state index in [-0.39, 0.29) is 12.5 Å². The molecule has 0 aliphatic carbocycles. The molecular weight excluding hydrogens is 424 g/mol. The normalized spacial score (nSPS) is 11.8. The Morgan fingerprint density at radius 1 is 1.00 bits per heavy atom. The van der Waals surface area contributed by atoms with Crippen LogP contribution < -0.4 is 19.5 Å². The fraction of sp³-hybridized carbons (Fsp3) is 0.440. The van der Waals surface area contributed by atoms with Crippen molar-refractivity contribution in [3.63, 3.8) is 0 Å². The second kappa shape index (κ2) is 12.3. The van der Waals surface area contributed by atoms with E-state index < -0.39 is 0 Å². The van der Waals surface area contributed by atoms with Crippen molar-refractivity contribution in [2.24, 2.45) is 5.92 Å². The first-order valence-electron chi connectivity index (χ1n) is 11.3. The van der Waals surface area contributed by atoms with E-state index >= 15 is 0 Å². The zero-order chi connectivity index (χ0) is 22.8. The molecule has 0 aliphatic heterocycles. The lowest BCUT2D eigenvalue weighted by molar-refractivity contribution is -0.118. The maximum Gasteiger partial charge on any atom is 0.264 e. The third-order valence-corrected chi connectivity index (χ3v) is 6.07. The maximum absolute atomic E-state index is 12.3. The molecule has 3 aromatic rings. The van der Waals surface area contributed by atoms with E-state index in [1.54, 1.807) is 0 Å². The average Bonchev–Trinajstić information content (AvgIpc) is 3.20. The van der Waals surface area contributed by atoms with Crippen LogP contribution in [0.15, 0.2) is 42.5 Å². The van der Waals surface area contributed by atoms with Crippen LogP contribution in [-0.4, -0.2) is 30.7 Å². The number of fused-ring (bicyclic) bond motifs is 1. The lowest BCUT2D eigenvalue weighted by Gasteiger charge is -2.15. The molecule has 0 saturated heterocycles. The van der Waals surface area contributed by atoms with Gasteiger partial charge < -0.3 is 14.2 Å². The quantitative estimate of drug-likeness (QED) is 0.326. The van der Waals surface area contributed by atoms with Gasteiger partial charge >= 0.3 is 0 Å². The lowest BCUT2D eigenvalue weighted by atomic mass is 10.0. The minimum Gasteiger partial charge on any atom is -0.494 e. The Balaban J connectivity index is 1.46. The first kappa shape index (κ1) is 23.9. The fourth-order valence-corrected chi connectivity index (χ4v) is 4.17. The number of nitrogens with zero attached hydrogens (tertiary/aromatic N) is 1. The SMILES string of the molecule is CCCCC(CC)COc1ccc(OCC(=O)Nc2nc3ccc(OCC)cc3s2)cc1. The summed E-state index contributed by atoms with van der Waals surface area (Å²) in [6.45, 7) is 7.61. The number of hydrogen-bond donors (Lipinski definition) is 1. The number of benzene rings is 2. The topological polar surface area (TPSA) is 69.7 Å². The highest BCUT2D eigenvalue weighted by molar-refractivity contribution is 7.22. The highest BCUT2D eigenvalue weighted by Crippen LogP contribution is 2.29. The summed E-state index contributed by atoms with van der Waals surface area (Å²) in [4.78, 5) is 16.7. The number of amides is 1. The molecule has 0 saturated carbocycles. The van der Waals surface area contributed by atoms with Gasteiger partial charge in [-0.1, -0.05) is 44.4 Å². The summed E-state index contributed by atoms with van der Waals surface area (Å²) < 4.78 is 18.0. The Labute approximate surface area is 193 Å². The molecule has 6 nitrogen and oxygen atoms in total. The van der Waals surface area contributed by atoms with E-state index in [0.717, 1.165) is 34.7 Å². The van der Waals surface area contributed by atoms with Crippen LogP contribution in [0, 0.1) is 5.92 Å². The molecule has 7 heteroatoms. The van der Waals surface area contributed by atoms with E-state index in [4.69, 9.17) is 14.2 Å². The van der Waals surface area contributed by atoms with Crippen LogP contribution >= 0.6 is 11.3 Å². The predicted molar refractivity (Wildman–Crippen MR) is 130 cm³/mol. The fourth-order valence-electron chi connectivity index (χ4n) is 3.26. The standard InChI is InChI=1S/C25H32N2O4S/c1-4-7-8-18(5-2)16-30-19-9-11-20(12-10-19)31-17-24(28)27-25-26-22-14-13-21(29-6-3)15-23(22)32-25/h9-15,18H,4-8,16-17H2,1-3H3,(H,26,27,28). The van der Waals surface area contributed by atoms with Crippen molar-refractivity contribution in [1.82, 2.24) is 4.98 Å². The summed E-state index contributed by atoms with van der Waals surface area (Å²) in [5.41, 5.74) is 0.824. The molecule has 0 fully saturated rings. The molecule has 0 spiro atoms. The number of ether oxygens (including phenoxy) is 3. The first-order chi connectivity index (χ1) is 15.6. The Kier molecular flexibility index (Phi) is 9.16. The molecular formula is C25H32N2O4S. The second-order valence-electron chi connectivity index (χ2n) is 7.62. The number of hydrogen-bond acceptors (Lipinski definition) is 6. The monoisotopic (exact) mass is 456 g/mol. The van der Waals surface area contributed by atoms with E-state index in [0.29, 0.717) is 23.4 Å². The number of anilines is 1. The molecule has 2 aromatic carbocycles. The third-order valence-electron chi connectivity index (χ3n) is 5.14. The van der Waals surface area contributed by atoms with Gasteiger partial charge in [0, 0.05) is 0 Å². The minimum absolute atomic E-state index is 0.0880. The van der Waals surface area contributed by atoms with Gasteiger partial charge in [-0.05, 0) is 61.7 Å². The van der Waals surface area contributed by atoms with Crippen LogP contribution in [0.4, 0.5) is 5.13 Å². The first-order valence-corrected chi connectivity index (χ1v) is 12.1. The summed E-state index contributed by atoms with van der Waals surface area (Å²) in [5, 5.41) is 3.34. The van der Waals surface area contributed by atoms with E-state index in [1.165, 1.54) is 30.6 Å². The number of carbonyl (C=O) groups is 1. The molecule has 0 bridgehead atoms. The van der Waals surface area contributed by atoms with Gasteiger partial charge in [-0.15, -0.1) is 0 Å². The van der Waals surface area contributed by atoms with Gasteiger partial charge in [-0.25, -0.2) is 4.98 Å². The van der Waals surface area contributed by atoms with Crippen LogP contribution in [0.3, 0.4) is 0 Å². The van der Waals surface area contributed by atoms with Gasteiger partial charge in [-0.2, -0.15) is 0 Å². The molecule has 0 radical (unpaired) electrons. The molecule has 172 valence electrons. The van der Waals surface area contributed by atoms with E-state index in [1.807, 2.05) is 49.4 Å². The molecule has 32 heavy (non-hydrogen) atoms. The number of rotatable bonds is 13. The van der Waals surface area contributed by atoms with Gasteiger partial charge in [0.1, 0.15) is 17.2 Å². The zero-order valence-electron chi connectivity index (χ0n) is 19.1. The average molecular weight is 457 g/mol. The summed E-state index contributed by atoms with van der Waals surface area (Å²) in [6, 6.07) is 13.1. The molecule has 1 N–H and O–H groups in total. The van der Waals surface area contributed by atoms with Gasteiger partial charge in [0.05, 0.1) is 23.4 Å². The third kappa shape index (κ3) is 7.12. The van der Waals surface area contributed by atoms with Crippen molar-refractivity contribution in [3.05, 3.63) is 42.5 Å². The van der Waals surface area contributed by atoms with E-state index in [9.17, 15) is 4.79 Å². The molecule has 3 rings (SSSR count). The molecule has 1 amide bonds. The molecule has 1 aromatic heterocycles. The lowest BCUT2D eigenvalue weighted by Crippen LogP contribution is -2.20. The van der Waals surface area contributed by atoms with Crippen molar-refractivity contribution >= 4 is 32.6 Å². The van der Waals surface area contributed by atoms with Gasteiger partial charge in [0.25, 0.3) is 5.91 Å². The van der Waals surface area contributed by atoms with Crippen LogP contribution in [0.25, 0.3) is 10.2 Å². The molecule has 1 heterocycles. The highest BCUT2D eigenvalue weighted by atomic mass is 32.1. The summed E-state index contributed by atoms with van der Waals surface area (Å²) >= 11 is 1.41. The Morgan fingerprint density at radius 2 is 1.72 bits per heavy atom. The predicted octanol–water partition coefficient (Wildman–Crippen LogP) is 6.31. The van der Waals surface area contributed by atoms with Crippen molar-refractivity contribution in [1.29, 1.82) is 0 Å². The van der Waals surface area contributed by atoms with Gasteiger partial charge in [0.2, 0.25) is 0 Å². The van der Waals surface area contributed by atoms with Crippen LogP contribution in [0.1, 0.15) is 46.5 Å². The van der Waals surface area contributed by atoms with Crippen LogP contribution in [-0.2, 0) is 4.79 Å². The van der Waals surface area contributed by atoms with E-state index in [2.05, 4.69) is 24.1 Å². The van der Waals surface area contributed by atoms with Crippen molar-refractivity contribution in [2.45, 2.75) is 46.5 Å². The Hall–Kier alpha value is -2.80. The Bertz CT molecular complexity index is 987. The smallest absolute Gasteiger partial charge is 0.264 e. The summed E-state index contributed by atoms with van der Waals surface area (Å²) in [6.07, 6.45) is 4.77. The summed E-state index contributed by atoms with van der Waals surface area (Å²) in [5.74, 6) is 2.57.